The summed E-state index contributed by atoms with van der Waals surface area (Å²) in [5, 5.41) is 0. The van der Waals surface area contributed by atoms with E-state index in [0.29, 0.717) is 19.1 Å². The van der Waals surface area contributed by atoms with Crippen molar-refractivity contribution in [2.75, 3.05) is 19.8 Å². The topological polar surface area (TPSA) is 35.5 Å². The maximum Gasteiger partial charge on any atom is 0.332 e. The van der Waals surface area contributed by atoms with Gasteiger partial charge < -0.3 is 9.47 Å². The molecule has 0 bridgehead atoms. The van der Waals surface area contributed by atoms with Gasteiger partial charge >= 0.3 is 5.97 Å². The zero-order valence-electron chi connectivity index (χ0n) is 7.42. The van der Waals surface area contributed by atoms with E-state index in [2.05, 4.69) is 0 Å². The van der Waals surface area contributed by atoms with Gasteiger partial charge in [-0.3, -0.25) is 0 Å². The van der Waals surface area contributed by atoms with Gasteiger partial charge in [0, 0.05) is 6.61 Å². The van der Waals surface area contributed by atoms with E-state index in [4.69, 9.17) is 9.47 Å². The standard InChI is InChI=1S/C8H16O3/c1-4-10-6-8(9)11-5-7(2)3/h7H,4-6H2,1-3H3. The van der Waals surface area contributed by atoms with Crippen molar-refractivity contribution in [3.8, 4) is 0 Å². The molecule has 0 rings (SSSR count). The molecule has 0 saturated heterocycles. The molecule has 66 valence electrons. The zero-order chi connectivity index (χ0) is 8.69. The van der Waals surface area contributed by atoms with E-state index < -0.39 is 0 Å². The van der Waals surface area contributed by atoms with Crippen molar-refractivity contribution in [3.63, 3.8) is 0 Å². The maximum absolute atomic E-state index is 10.8. The second-order valence-corrected chi connectivity index (χ2v) is 2.71. The van der Waals surface area contributed by atoms with Crippen molar-refractivity contribution in [1.82, 2.24) is 0 Å². The van der Waals surface area contributed by atoms with E-state index in [1.807, 2.05) is 20.8 Å². The predicted molar refractivity (Wildman–Crippen MR) is 42.3 cm³/mol. The lowest BCUT2D eigenvalue weighted by molar-refractivity contribution is -0.149. The summed E-state index contributed by atoms with van der Waals surface area (Å²) in [4.78, 5) is 10.8. The summed E-state index contributed by atoms with van der Waals surface area (Å²) in [5.74, 6) is 0.112. The highest BCUT2D eigenvalue weighted by Gasteiger charge is 2.02. The van der Waals surface area contributed by atoms with Gasteiger partial charge in [0.2, 0.25) is 0 Å². The Hall–Kier alpha value is -0.570. The molecule has 3 nitrogen and oxygen atoms in total. The van der Waals surface area contributed by atoms with Gasteiger partial charge in [0.25, 0.3) is 0 Å². The van der Waals surface area contributed by atoms with E-state index in [-0.39, 0.29) is 12.6 Å². The van der Waals surface area contributed by atoms with Gasteiger partial charge in [-0.2, -0.15) is 0 Å². The Morgan fingerprint density at radius 3 is 2.55 bits per heavy atom. The molecule has 3 heteroatoms. The van der Waals surface area contributed by atoms with Crippen LogP contribution in [0.15, 0.2) is 0 Å². The molecule has 0 aromatic rings. The number of carbonyl (C=O) groups excluding carboxylic acids is 1. The fraction of sp³-hybridized carbons (Fsp3) is 0.875. The lowest BCUT2D eigenvalue weighted by Crippen LogP contribution is -2.15. The first-order valence-electron chi connectivity index (χ1n) is 3.90. The molecule has 0 aliphatic rings. The minimum Gasteiger partial charge on any atom is -0.464 e. The highest BCUT2D eigenvalue weighted by molar-refractivity contribution is 5.70. The Balaban J connectivity index is 3.23. The Labute approximate surface area is 67.7 Å². The van der Waals surface area contributed by atoms with Gasteiger partial charge in [-0.05, 0) is 12.8 Å². The molecular formula is C8H16O3. The molecule has 0 aromatic carbocycles. The third kappa shape index (κ3) is 7.33. The van der Waals surface area contributed by atoms with Crippen LogP contribution in [0.1, 0.15) is 20.8 Å². The number of esters is 1. The summed E-state index contributed by atoms with van der Waals surface area (Å²) >= 11 is 0. The number of ether oxygens (including phenoxy) is 2. The molecule has 11 heavy (non-hydrogen) atoms. The summed E-state index contributed by atoms with van der Waals surface area (Å²) in [6.07, 6.45) is 0. The predicted octanol–water partition coefficient (Wildman–Crippen LogP) is 1.22. The first kappa shape index (κ1) is 10.4. The second kappa shape index (κ2) is 6.16. The Kier molecular flexibility index (Phi) is 5.84. The Morgan fingerprint density at radius 1 is 1.45 bits per heavy atom. The number of hydrogen-bond acceptors (Lipinski definition) is 3. The third-order valence-electron chi connectivity index (χ3n) is 1.00. The van der Waals surface area contributed by atoms with Gasteiger partial charge in [0.1, 0.15) is 6.61 Å². The summed E-state index contributed by atoms with van der Waals surface area (Å²) in [7, 11) is 0. The van der Waals surface area contributed by atoms with Crippen molar-refractivity contribution in [3.05, 3.63) is 0 Å². The fourth-order valence-electron chi connectivity index (χ4n) is 0.487. The highest BCUT2D eigenvalue weighted by atomic mass is 16.6. The zero-order valence-corrected chi connectivity index (χ0v) is 7.42. The summed E-state index contributed by atoms with van der Waals surface area (Å²) in [5.41, 5.74) is 0. The van der Waals surface area contributed by atoms with Crippen LogP contribution < -0.4 is 0 Å². The lowest BCUT2D eigenvalue weighted by Gasteiger charge is -2.06. The number of carbonyl (C=O) groups is 1. The minimum absolute atomic E-state index is 0.0726. The van der Waals surface area contributed by atoms with Crippen LogP contribution in [0.3, 0.4) is 0 Å². The Morgan fingerprint density at radius 2 is 2.09 bits per heavy atom. The van der Waals surface area contributed by atoms with Crippen LogP contribution in [0.5, 0.6) is 0 Å². The quantitative estimate of drug-likeness (QED) is 0.567. The largest absolute Gasteiger partial charge is 0.464 e. The second-order valence-electron chi connectivity index (χ2n) is 2.71. The van der Waals surface area contributed by atoms with Crippen molar-refractivity contribution in [1.29, 1.82) is 0 Å². The van der Waals surface area contributed by atoms with Crippen LogP contribution in [-0.4, -0.2) is 25.8 Å². The van der Waals surface area contributed by atoms with E-state index >= 15 is 0 Å². The van der Waals surface area contributed by atoms with Crippen LogP contribution in [0.4, 0.5) is 0 Å². The average Bonchev–Trinajstić information content (AvgIpc) is 1.97. The maximum atomic E-state index is 10.8. The van der Waals surface area contributed by atoms with Crippen LogP contribution in [0, 0.1) is 5.92 Å². The first-order valence-corrected chi connectivity index (χ1v) is 3.90. The van der Waals surface area contributed by atoms with Crippen molar-refractivity contribution in [2.24, 2.45) is 5.92 Å². The van der Waals surface area contributed by atoms with E-state index in [9.17, 15) is 4.79 Å². The molecule has 0 unspecified atom stereocenters. The lowest BCUT2D eigenvalue weighted by atomic mass is 10.2. The van der Waals surface area contributed by atoms with Gasteiger partial charge in [-0.1, -0.05) is 13.8 Å². The number of rotatable bonds is 5. The highest BCUT2D eigenvalue weighted by Crippen LogP contribution is 1.92. The van der Waals surface area contributed by atoms with Crippen molar-refractivity contribution < 1.29 is 14.3 Å². The van der Waals surface area contributed by atoms with Crippen LogP contribution in [0.25, 0.3) is 0 Å². The van der Waals surface area contributed by atoms with Gasteiger partial charge in [0.05, 0.1) is 6.61 Å². The number of hydrogen-bond donors (Lipinski definition) is 0. The SMILES string of the molecule is CCOCC(=O)OCC(C)C. The molecule has 0 spiro atoms. The first-order chi connectivity index (χ1) is 5.16. The normalized spacial score (nSPS) is 10.2. The molecular weight excluding hydrogens is 144 g/mol. The summed E-state index contributed by atoms with van der Waals surface area (Å²) < 4.78 is 9.69. The molecule has 0 aliphatic carbocycles. The molecule has 0 saturated carbocycles. The fourth-order valence-corrected chi connectivity index (χ4v) is 0.487. The van der Waals surface area contributed by atoms with E-state index in [1.54, 1.807) is 0 Å². The van der Waals surface area contributed by atoms with Crippen LogP contribution in [-0.2, 0) is 14.3 Å². The van der Waals surface area contributed by atoms with Crippen molar-refractivity contribution >= 4 is 5.97 Å². The van der Waals surface area contributed by atoms with Crippen LogP contribution in [0.2, 0.25) is 0 Å². The Bertz CT molecular complexity index is 110. The molecule has 0 aliphatic heterocycles. The molecule has 0 aromatic heterocycles. The van der Waals surface area contributed by atoms with E-state index in [1.165, 1.54) is 0 Å². The summed E-state index contributed by atoms with van der Waals surface area (Å²) in [6, 6.07) is 0. The monoisotopic (exact) mass is 160 g/mol. The smallest absolute Gasteiger partial charge is 0.332 e. The minimum atomic E-state index is -0.277. The third-order valence-corrected chi connectivity index (χ3v) is 1.00. The van der Waals surface area contributed by atoms with Gasteiger partial charge in [0.15, 0.2) is 0 Å². The molecule has 0 amide bonds. The van der Waals surface area contributed by atoms with Gasteiger partial charge in [-0.15, -0.1) is 0 Å². The molecule has 0 N–H and O–H groups in total. The van der Waals surface area contributed by atoms with E-state index in [0.717, 1.165) is 0 Å². The molecule has 0 atom stereocenters. The van der Waals surface area contributed by atoms with Gasteiger partial charge in [-0.25, -0.2) is 4.79 Å². The molecule has 0 heterocycles. The van der Waals surface area contributed by atoms with Crippen LogP contribution >= 0.6 is 0 Å². The van der Waals surface area contributed by atoms with Crippen molar-refractivity contribution in [2.45, 2.75) is 20.8 Å². The summed E-state index contributed by atoms with van der Waals surface area (Å²) in [6.45, 7) is 6.93. The molecule has 0 fully saturated rings. The molecule has 0 radical (unpaired) electrons. The average molecular weight is 160 g/mol.